The second kappa shape index (κ2) is 6.63. The van der Waals surface area contributed by atoms with Gasteiger partial charge in [-0.2, -0.15) is 0 Å². The van der Waals surface area contributed by atoms with Crippen LogP contribution < -0.4 is 0 Å². The van der Waals surface area contributed by atoms with E-state index < -0.39 is 0 Å². The maximum absolute atomic E-state index is 11.4. The van der Waals surface area contributed by atoms with Crippen LogP contribution in [0.25, 0.3) is 5.69 Å². The van der Waals surface area contributed by atoms with Crippen LogP contribution in [0, 0.1) is 0 Å². The molecule has 0 unspecified atom stereocenters. The second-order valence-corrected chi connectivity index (χ2v) is 5.58. The molecular formula is C19H15ClN2O. The first kappa shape index (κ1) is 15.3. The van der Waals surface area contributed by atoms with Gasteiger partial charge in [-0.1, -0.05) is 23.7 Å². The molecule has 0 radical (unpaired) electrons. The van der Waals surface area contributed by atoms with Crippen molar-refractivity contribution >= 4 is 29.3 Å². The Bertz CT molecular complexity index is 863. The van der Waals surface area contributed by atoms with E-state index in [-0.39, 0.29) is 5.78 Å². The van der Waals surface area contributed by atoms with Gasteiger partial charge in [0.05, 0.1) is 17.6 Å². The van der Waals surface area contributed by atoms with Crippen molar-refractivity contribution in [3.63, 3.8) is 0 Å². The molecule has 23 heavy (non-hydrogen) atoms. The summed E-state index contributed by atoms with van der Waals surface area (Å²) < 4.78 is 2.02. The molecule has 0 saturated carbocycles. The molecule has 0 amide bonds. The van der Waals surface area contributed by atoms with Crippen molar-refractivity contribution in [3.8, 4) is 5.69 Å². The number of ketones is 1. The van der Waals surface area contributed by atoms with Crippen molar-refractivity contribution in [2.45, 2.75) is 6.92 Å². The summed E-state index contributed by atoms with van der Waals surface area (Å²) >= 11 is 5.93. The number of rotatable bonds is 4. The number of nitrogens with zero attached hydrogens (tertiary/aromatic N) is 2. The summed E-state index contributed by atoms with van der Waals surface area (Å²) in [6.45, 7) is 1.55. The van der Waals surface area contributed by atoms with Crippen LogP contribution >= 0.6 is 11.6 Å². The van der Waals surface area contributed by atoms with Crippen LogP contribution in [0.15, 0.2) is 71.9 Å². The Hall–Kier alpha value is -2.65. The molecule has 1 heterocycles. The third-order valence-corrected chi connectivity index (χ3v) is 3.74. The highest BCUT2D eigenvalue weighted by Crippen LogP contribution is 2.17. The number of halogens is 1. The molecule has 4 heteroatoms. The summed E-state index contributed by atoms with van der Waals surface area (Å²) in [4.78, 5) is 15.9. The Morgan fingerprint density at radius 3 is 2.61 bits per heavy atom. The third-order valence-electron chi connectivity index (χ3n) is 3.48. The molecule has 1 aromatic heterocycles. The quantitative estimate of drug-likeness (QED) is 0.487. The summed E-state index contributed by atoms with van der Waals surface area (Å²) in [5.74, 6) is 0.0339. The minimum Gasteiger partial charge on any atom is -0.316 e. The van der Waals surface area contributed by atoms with E-state index in [9.17, 15) is 4.79 Å². The zero-order valence-electron chi connectivity index (χ0n) is 12.6. The van der Waals surface area contributed by atoms with Crippen LogP contribution in [0.5, 0.6) is 0 Å². The molecule has 0 aliphatic heterocycles. The first-order valence-electron chi connectivity index (χ1n) is 7.22. The lowest BCUT2D eigenvalue weighted by Crippen LogP contribution is -1.97. The predicted octanol–water partition coefficient (Wildman–Crippen LogP) is 5.08. The fraction of sp³-hybridized carbons (Fsp3) is 0.0526. The van der Waals surface area contributed by atoms with E-state index in [1.165, 1.54) is 0 Å². The summed E-state index contributed by atoms with van der Waals surface area (Å²) in [7, 11) is 0. The van der Waals surface area contributed by atoms with Crippen LogP contribution in [0.3, 0.4) is 0 Å². The number of hydrogen-bond acceptors (Lipinski definition) is 2. The van der Waals surface area contributed by atoms with E-state index in [0.29, 0.717) is 10.6 Å². The Morgan fingerprint density at radius 1 is 1.09 bits per heavy atom. The molecule has 0 atom stereocenters. The fourth-order valence-electron chi connectivity index (χ4n) is 2.28. The van der Waals surface area contributed by atoms with E-state index in [2.05, 4.69) is 4.99 Å². The van der Waals surface area contributed by atoms with E-state index in [1.807, 2.05) is 59.3 Å². The van der Waals surface area contributed by atoms with Gasteiger partial charge in [-0.05, 0) is 55.5 Å². The van der Waals surface area contributed by atoms with Crippen molar-refractivity contribution in [1.29, 1.82) is 0 Å². The minimum atomic E-state index is 0.0339. The minimum absolute atomic E-state index is 0.0339. The van der Waals surface area contributed by atoms with Gasteiger partial charge in [-0.15, -0.1) is 0 Å². The van der Waals surface area contributed by atoms with Gasteiger partial charge >= 0.3 is 0 Å². The van der Waals surface area contributed by atoms with Crippen LogP contribution in [0.1, 0.15) is 23.0 Å². The molecule has 114 valence electrons. The molecule has 3 aromatic rings. The summed E-state index contributed by atoms with van der Waals surface area (Å²) in [6, 6.07) is 18.8. The van der Waals surface area contributed by atoms with Crippen molar-refractivity contribution < 1.29 is 4.79 Å². The lowest BCUT2D eigenvalue weighted by atomic mass is 10.1. The zero-order valence-corrected chi connectivity index (χ0v) is 13.4. The number of benzene rings is 2. The van der Waals surface area contributed by atoms with E-state index in [1.54, 1.807) is 25.3 Å². The van der Waals surface area contributed by atoms with Gasteiger partial charge in [0, 0.05) is 22.5 Å². The zero-order chi connectivity index (χ0) is 16.2. The Morgan fingerprint density at radius 2 is 1.87 bits per heavy atom. The lowest BCUT2D eigenvalue weighted by Gasteiger charge is -2.06. The molecule has 0 aliphatic carbocycles. The average Bonchev–Trinajstić information content (AvgIpc) is 3.02. The number of aliphatic imine (C=N–C) groups is 1. The Labute approximate surface area is 139 Å². The first-order chi connectivity index (χ1) is 11.1. The largest absolute Gasteiger partial charge is 0.316 e. The highest BCUT2D eigenvalue weighted by molar-refractivity contribution is 6.30. The van der Waals surface area contributed by atoms with E-state index in [0.717, 1.165) is 17.1 Å². The Kier molecular flexibility index (Phi) is 4.40. The summed E-state index contributed by atoms with van der Waals surface area (Å²) in [6.07, 6.45) is 3.75. The van der Waals surface area contributed by atoms with Gasteiger partial charge in [0.15, 0.2) is 5.78 Å². The van der Waals surface area contributed by atoms with E-state index in [4.69, 9.17) is 11.6 Å². The standard InChI is InChI=1S/C19H15ClN2O/c1-14(23)15-4-2-5-17(12-15)21-13-19-6-3-11-22(19)18-9-7-16(20)8-10-18/h2-13H,1H3. The Balaban J connectivity index is 1.89. The molecule has 3 nitrogen and oxygen atoms in total. The maximum Gasteiger partial charge on any atom is 0.159 e. The van der Waals surface area contributed by atoms with Gasteiger partial charge in [-0.3, -0.25) is 9.79 Å². The maximum atomic E-state index is 11.4. The SMILES string of the molecule is CC(=O)c1cccc(N=Cc2cccn2-c2ccc(Cl)cc2)c1. The van der Waals surface area contributed by atoms with Crippen molar-refractivity contribution in [3.05, 3.63) is 83.1 Å². The number of carbonyl (C=O) groups is 1. The normalized spacial score (nSPS) is 11.0. The topological polar surface area (TPSA) is 34.4 Å². The van der Waals surface area contributed by atoms with Crippen molar-refractivity contribution in [1.82, 2.24) is 4.57 Å². The van der Waals surface area contributed by atoms with Gasteiger partial charge in [0.1, 0.15) is 0 Å². The molecule has 0 aliphatic rings. The van der Waals surface area contributed by atoms with Crippen molar-refractivity contribution in [2.24, 2.45) is 4.99 Å². The molecule has 0 saturated heterocycles. The highest BCUT2D eigenvalue weighted by Gasteiger charge is 2.02. The number of Topliss-reactive ketones (excluding diaryl/α,β-unsaturated/α-hetero) is 1. The van der Waals surface area contributed by atoms with Crippen LogP contribution in [-0.4, -0.2) is 16.6 Å². The highest BCUT2D eigenvalue weighted by atomic mass is 35.5. The molecule has 0 spiro atoms. The molecule has 3 rings (SSSR count). The van der Waals surface area contributed by atoms with Gasteiger partial charge in [-0.25, -0.2) is 0 Å². The van der Waals surface area contributed by atoms with Gasteiger partial charge in [0.2, 0.25) is 0 Å². The smallest absolute Gasteiger partial charge is 0.159 e. The average molecular weight is 323 g/mol. The second-order valence-electron chi connectivity index (χ2n) is 5.14. The van der Waals surface area contributed by atoms with Crippen LogP contribution in [-0.2, 0) is 0 Å². The summed E-state index contributed by atoms with van der Waals surface area (Å²) in [5, 5.41) is 0.706. The molecule has 0 fully saturated rings. The third kappa shape index (κ3) is 3.58. The molecular weight excluding hydrogens is 308 g/mol. The van der Waals surface area contributed by atoms with Crippen LogP contribution in [0.4, 0.5) is 5.69 Å². The first-order valence-corrected chi connectivity index (χ1v) is 7.60. The molecule has 0 bridgehead atoms. The number of hydrogen-bond donors (Lipinski definition) is 0. The monoisotopic (exact) mass is 322 g/mol. The van der Waals surface area contributed by atoms with Crippen LogP contribution in [0.2, 0.25) is 5.02 Å². The molecule has 2 aromatic carbocycles. The van der Waals surface area contributed by atoms with Gasteiger partial charge < -0.3 is 4.57 Å². The lowest BCUT2D eigenvalue weighted by molar-refractivity contribution is 0.101. The summed E-state index contributed by atoms with van der Waals surface area (Å²) in [5.41, 5.74) is 3.37. The molecule has 0 N–H and O–H groups in total. The number of aromatic nitrogens is 1. The van der Waals surface area contributed by atoms with Gasteiger partial charge in [0.25, 0.3) is 0 Å². The number of carbonyl (C=O) groups excluding carboxylic acids is 1. The van der Waals surface area contributed by atoms with E-state index >= 15 is 0 Å². The fourth-order valence-corrected chi connectivity index (χ4v) is 2.41. The predicted molar refractivity (Wildman–Crippen MR) is 94.5 cm³/mol. The van der Waals surface area contributed by atoms with Crippen molar-refractivity contribution in [2.75, 3.05) is 0 Å².